The molecule has 0 aliphatic carbocycles. The van der Waals surface area contributed by atoms with Crippen molar-refractivity contribution in [3.63, 3.8) is 0 Å². The molecule has 6 nitrogen and oxygen atoms in total. The Morgan fingerprint density at radius 1 is 1.67 bits per heavy atom. The van der Waals surface area contributed by atoms with Crippen molar-refractivity contribution in [2.75, 3.05) is 20.1 Å². The molecule has 0 saturated carbocycles. The molecule has 0 aromatic rings. The lowest BCUT2D eigenvalue weighted by molar-refractivity contribution is -0.124. The Hall–Kier alpha value is -1.30. The van der Waals surface area contributed by atoms with Gasteiger partial charge in [-0.3, -0.25) is 4.79 Å². The number of likely N-dealkylation sites (tertiary alicyclic amines) is 1. The van der Waals surface area contributed by atoms with Crippen molar-refractivity contribution in [1.82, 2.24) is 10.2 Å². The van der Waals surface area contributed by atoms with Crippen LogP contribution in [0.2, 0.25) is 0 Å². The average molecular weight is 256 g/mol. The third kappa shape index (κ3) is 4.18. The number of nitrogens with zero attached hydrogens (tertiary/aromatic N) is 2. The van der Waals surface area contributed by atoms with Gasteiger partial charge < -0.3 is 21.2 Å². The first kappa shape index (κ1) is 14.8. The lowest BCUT2D eigenvalue weighted by atomic mass is 9.99. The summed E-state index contributed by atoms with van der Waals surface area (Å²) in [6.07, 6.45) is 3.50. The summed E-state index contributed by atoms with van der Waals surface area (Å²) >= 11 is 0. The van der Waals surface area contributed by atoms with Gasteiger partial charge in [0.25, 0.3) is 0 Å². The van der Waals surface area contributed by atoms with Gasteiger partial charge in [-0.1, -0.05) is 18.5 Å². The van der Waals surface area contributed by atoms with E-state index in [1.807, 2.05) is 14.0 Å². The van der Waals surface area contributed by atoms with Crippen molar-refractivity contribution in [2.24, 2.45) is 16.8 Å². The predicted octanol–water partition coefficient (Wildman–Crippen LogP) is 0.360. The van der Waals surface area contributed by atoms with E-state index in [1.54, 1.807) is 0 Å². The quantitative estimate of drug-likeness (QED) is 0.287. The molecule has 1 saturated heterocycles. The summed E-state index contributed by atoms with van der Waals surface area (Å²) in [4.78, 5) is 14.3. The highest BCUT2D eigenvalue weighted by molar-refractivity contribution is 6.02. The van der Waals surface area contributed by atoms with Gasteiger partial charge in [-0.15, -0.1) is 0 Å². The molecule has 1 fully saturated rings. The van der Waals surface area contributed by atoms with Gasteiger partial charge in [-0.2, -0.15) is 0 Å². The van der Waals surface area contributed by atoms with Crippen molar-refractivity contribution in [2.45, 2.75) is 38.6 Å². The van der Waals surface area contributed by atoms with Gasteiger partial charge in [-0.25, -0.2) is 0 Å². The maximum Gasteiger partial charge on any atom is 0.231 e. The zero-order valence-corrected chi connectivity index (χ0v) is 11.2. The summed E-state index contributed by atoms with van der Waals surface area (Å²) in [7, 11) is 2.05. The number of amidine groups is 1. The van der Waals surface area contributed by atoms with Crippen LogP contribution in [0.25, 0.3) is 0 Å². The van der Waals surface area contributed by atoms with E-state index in [0.717, 1.165) is 32.4 Å². The van der Waals surface area contributed by atoms with Crippen molar-refractivity contribution in [3.05, 3.63) is 0 Å². The lowest BCUT2D eigenvalue weighted by Crippen LogP contribution is -2.49. The Bertz CT molecular complexity index is 306. The molecule has 2 atom stereocenters. The smallest absolute Gasteiger partial charge is 0.231 e. The van der Waals surface area contributed by atoms with Crippen LogP contribution in [0.15, 0.2) is 5.16 Å². The Morgan fingerprint density at radius 2 is 2.39 bits per heavy atom. The third-order valence-corrected chi connectivity index (χ3v) is 3.34. The zero-order valence-electron chi connectivity index (χ0n) is 11.2. The molecule has 18 heavy (non-hydrogen) atoms. The standard InChI is InChI=1S/C12H24N4O2/c1-3-5-10(11(13)15-18)12(17)14-9-6-4-7-16(2)8-9/h9-10,18H,3-8H2,1-2H3,(H2,13,15)(H,14,17). The molecule has 4 N–H and O–H groups in total. The van der Waals surface area contributed by atoms with Crippen LogP contribution in [0.1, 0.15) is 32.6 Å². The second-order valence-electron chi connectivity index (χ2n) is 4.98. The summed E-state index contributed by atoms with van der Waals surface area (Å²) in [6, 6.07) is 0.169. The molecule has 0 aromatic heterocycles. The number of likely N-dealkylation sites (N-methyl/N-ethyl adjacent to an activating group) is 1. The number of oxime groups is 1. The fraction of sp³-hybridized carbons (Fsp3) is 0.833. The number of nitrogens with two attached hydrogens (primary N) is 1. The fourth-order valence-corrected chi connectivity index (χ4v) is 2.36. The van der Waals surface area contributed by atoms with Crippen LogP contribution in [0.5, 0.6) is 0 Å². The monoisotopic (exact) mass is 256 g/mol. The van der Waals surface area contributed by atoms with Crippen molar-refractivity contribution < 1.29 is 10.0 Å². The van der Waals surface area contributed by atoms with E-state index >= 15 is 0 Å². The maximum absolute atomic E-state index is 12.1. The van der Waals surface area contributed by atoms with Crippen LogP contribution >= 0.6 is 0 Å². The van der Waals surface area contributed by atoms with Gasteiger partial charge in [0, 0.05) is 12.6 Å². The van der Waals surface area contributed by atoms with Crippen LogP contribution in [0.4, 0.5) is 0 Å². The largest absolute Gasteiger partial charge is 0.409 e. The first-order valence-electron chi connectivity index (χ1n) is 6.54. The van der Waals surface area contributed by atoms with Crippen LogP contribution in [-0.4, -0.2) is 48.0 Å². The van der Waals surface area contributed by atoms with Crippen molar-refractivity contribution in [3.8, 4) is 0 Å². The Balaban J connectivity index is 2.55. The molecular weight excluding hydrogens is 232 g/mol. The van der Waals surface area contributed by atoms with Gasteiger partial charge in [-0.05, 0) is 32.9 Å². The van der Waals surface area contributed by atoms with Gasteiger partial charge in [0.2, 0.25) is 5.91 Å². The molecule has 1 aliphatic rings. The molecule has 104 valence electrons. The Labute approximate surface area is 108 Å². The molecule has 0 bridgehead atoms. The van der Waals surface area contributed by atoms with E-state index in [2.05, 4.69) is 15.4 Å². The molecule has 1 amide bonds. The summed E-state index contributed by atoms with van der Waals surface area (Å²) in [5, 5.41) is 14.7. The summed E-state index contributed by atoms with van der Waals surface area (Å²) in [6.45, 7) is 3.91. The first-order valence-corrected chi connectivity index (χ1v) is 6.54. The molecule has 0 aromatic carbocycles. The highest BCUT2D eigenvalue weighted by atomic mass is 16.4. The number of hydrogen-bond acceptors (Lipinski definition) is 4. The Kier molecular flexibility index (Phi) is 5.91. The van der Waals surface area contributed by atoms with Gasteiger partial charge >= 0.3 is 0 Å². The fourth-order valence-electron chi connectivity index (χ4n) is 2.36. The summed E-state index contributed by atoms with van der Waals surface area (Å²) in [5.74, 6) is -0.654. The minimum absolute atomic E-state index is 0.00138. The highest BCUT2D eigenvalue weighted by Gasteiger charge is 2.26. The number of hydrogen-bond donors (Lipinski definition) is 3. The number of piperidine rings is 1. The normalized spacial score (nSPS) is 23.7. The van der Waals surface area contributed by atoms with E-state index in [9.17, 15) is 4.79 Å². The van der Waals surface area contributed by atoms with Crippen molar-refractivity contribution in [1.29, 1.82) is 0 Å². The van der Waals surface area contributed by atoms with Crippen LogP contribution in [0, 0.1) is 5.92 Å². The second-order valence-corrected chi connectivity index (χ2v) is 4.98. The first-order chi connectivity index (χ1) is 8.58. The van der Waals surface area contributed by atoms with E-state index < -0.39 is 5.92 Å². The molecule has 1 heterocycles. The van der Waals surface area contributed by atoms with E-state index in [4.69, 9.17) is 10.9 Å². The van der Waals surface area contributed by atoms with E-state index in [0.29, 0.717) is 6.42 Å². The predicted molar refractivity (Wildman–Crippen MR) is 70.5 cm³/mol. The number of carbonyl (C=O) groups is 1. The highest BCUT2D eigenvalue weighted by Crippen LogP contribution is 2.11. The Morgan fingerprint density at radius 3 is 2.94 bits per heavy atom. The molecule has 0 radical (unpaired) electrons. The molecular formula is C12H24N4O2. The van der Waals surface area contributed by atoms with Crippen LogP contribution in [0.3, 0.4) is 0 Å². The molecule has 1 rings (SSSR count). The lowest BCUT2D eigenvalue weighted by Gasteiger charge is -2.31. The zero-order chi connectivity index (χ0) is 13.5. The number of nitrogens with one attached hydrogen (secondary N) is 1. The number of rotatable bonds is 5. The van der Waals surface area contributed by atoms with Crippen LogP contribution < -0.4 is 11.1 Å². The minimum Gasteiger partial charge on any atom is -0.409 e. The van der Waals surface area contributed by atoms with Gasteiger partial charge in [0.1, 0.15) is 0 Å². The van der Waals surface area contributed by atoms with Gasteiger partial charge in [0.15, 0.2) is 5.84 Å². The number of carbonyl (C=O) groups excluding carboxylic acids is 1. The maximum atomic E-state index is 12.1. The third-order valence-electron chi connectivity index (χ3n) is 3.34. The van der Waals surface area contributed by atoms with E-state index in [1.165, 1.54) is 0 Å². The van der Waals surface area contributed by atoms with E-state index in [-0.39, 0.29) is 17.8 Å². The minimum atomic E-state index is -0.521. The summed E-state index contributed by atoms with van der Waals surface area (Å²) in [5.41, 5.74) is 5.57. The number of amides is 1. The molecule has 0 spiro atoms. The molecule has 2 unspecified atom stereocenters. The second kappa shape index (κ2) is 7.20. The molecule has 1 aliphatic heterocycles. The van der Waals surface area contributed by atoms with Crippen molar-refractivity contribution >= 4 is 11.7 Å². The average Bonchev–Trinajstić information content (AvgIpc) is 2.35. The summed E-state index contributed by atoms with van der Waals surface area (Å²) < 4.78 is 0. The SMILES string of the molecule is CCCC(C(=O)NC1CCCN(C)C1)C(N)=NO. The molecule has 6 heteroatoms. The van der Waals surface area contributed by atoms with Gasteiger partial charge in [0.05, 0.1) is 5.92 Å². The topological polar surface area (TPSA) is 91.0 Å². The van der Waals surface area contributed by atoms with Crippen LogP contribution in [-0.2, 0) is 4.79 Å².